The van der Waals surface area contributed by atoms with Crippen molar-refractivity contribution in [1.29, 1.82) is 0 Å². The van der Waals surface area contributed by atoms with Gasteiger partial charge >= 0.3 is 0 Å². The van der Waals surface area contributed by atoms with Crippen molar-refractivity contribution in [3.8, 4) is 0 Å². The largest absolute Gasteiger partial charge is 0.322 e. The van der Waals surface area contributed by atoms with Gasteiger partial charge in [0.1, 0.15) is 12.5 Å². The summed E-state index contributed by atoms with van der Waals surface area (Å²) in [6.07, 6.45) is 1.32. The topological polar surface area (TPSA) is 66.5 Å². The van der Waals surface area contributed by atoms with Crippen LogP contribution in [0.2, 0.25) is 5.02 Å². The highest BCUT2D eigenvalue weighted by molar-refractivity contribution is 7.92. The third-order valence-corrected chi connectivity index (χ3v) is 7.37. The van der Waals surface area contributed by atoms with Crippen LogP contribution < -0.4 is 9.62 Å². The van der Waals surface area contributed by atoms with Gasteiger partial charge in [-0.2, -0.15) is 0 Å². The third-order valence-electron chi connectivity index (χ3n) is 5.29. The fourth-order valence-electron chi connectivity index (χ4n) is 3.73. The molecule has 0 aliphatic carbocycles. The van der Waals surface area contributed by atoms with Crippen molar-refractivity contribution in [2.75, 3.05) is 16.2 Å². The number of alkyl halides is 1. The number of hydrogen-bond donors (Lipinski definition) is 1. The van der Waals surface area contributed by atoms with E-state index < -0.39 is 28.4 Å². The second-order valence-electron chi connectivity index (χ2n) is 7.34. The Kier molecular flexibility index (Phi) is 6.17. The van der Waals surface area contributed by atoms with Gasteiger partial charge in [0.25, 0.3) is 15.9 Å². The minimum absolute atomic E-state index is 0.0626. The summed E-state index contributed by atoms with van der Waals surface area (Å²) in [6.45, 7) is -0.716. The number of benzene rings is 3. The molecule has 0 saturated carbocycles. The highest BCUT2D eigenvalue weighted by atomic mass is 35.5. The van der Waals surface area contributed by atoms with Crippen LogP contribution in [-0.4, -0.2) is 20.9 Å². The smallest absolute Gasteiger partial charge is 0.264 e. The first kappa shape index (κ1) is 22.2. The molecule has 1 N–H and O–H groups in total. The lowest BCUT2D eigenvalue weighted by Gasteiger charge is -2.31. The highest BCUT2D eigenvalue weighted by Gasteiger charge is 2.29. The lowest BCUT2D eigenvalue weighted by molar-refractivity contribution is 0.102. The maximum atomic E-state index is 14.2. The molecule has 166 valence electrons. The Labute approximate surface area is 189 Å². The molecule has 1 aliphatic heterocycles. The van der Waals surface area contributed by atoms with E-state index in [9.17, 15) is 22.0 Å². The zero-order chi connectivity index (χ0) is 22.9. The first-order valence-electron chi connectivity index (χ1n) is 9.87. The summed E-state index contributed by atoms with van der Waals surface area (Å²) in [5.74, 6) is -1.64. The summed E-state index contributed by atoms with van der Waals surface area (Å²) in [5.41, 5.74) is 1.08. The van der Waals surface area contributed by atoms with Crippen molar-refractivity contribution in [1.82, 2.24) is 0 Å². The second kappa shape index (κ2) is 8.88. The van der Waals surface area contributed by atoms with Crippen LogP contribution in [0.25, 0.3) is 0 Å². The van der Waals surface area contributed by atoms with Gasteiger partial charge in [-0.15, -0.1) is 0 Å². The Morgan fingerprint density at radius 3 is 2.56 bits per heavy atom. The minimum atomic E-state index is -3.85. The molecule has 0 saturated heterocycles. The first-order valence-corrected chi connectivity index (χ1v) is 11.7. The van der Waals surface area contributed by atoms with E-state index >= 15 is 0 Å². The number of nitrogens with zero attached hydrogens (tertiary/aromatic N) is 1. The molecule has 0 atom stereocenters. The van der Waals surface area contributed by atoms with Gasteiger partial charge in [0.15, 0.2) is 0 Å². The molecule has 1 aliphatic rings. The van der Waals surface area contributed by atoms with Crippen molar-refractivity contribution in [3.05, 3.63) is 88.2 Å². The Balaban J connectivity index is 1.68. The fourth-order valence-corrected chi connectivity index (χ4v) is 5.39. The summed E-state index contributed by atoms with van der Waals surface area (Å²) in [5, 5.41) is 2.98. The van der Waals surface area contributed by atoms with Crippen molar-refractivity contribution >= 4 is 38.9 Å². The number of carbonyl (C=O) groups is 1. The van der Waals surface area contributed by atoms with Crippen molar-refractivity contribution < 1.29 is 22.0 Å². The summed E-state index contributed by atoms with van der Waals surface area (Å²) in [6, 6.07) is 14.5. The van der Waals surface area contributed by atoms with Crippen LogP contribution in [0.1, 0.15) is 27.9 Å². The second-order valence-corrected chi connectivity index (χ2v) is 9.64. The number of amides is 1. The normalized spacial score (nSPS) is 13.5. The molecule has 0 aromatic heterocycles. The van der Waals surface area contributed by atoms with Crippen LogP contribution in [0.5, 0.6) is 0 Å². The van der Waals surface area contributed by atoms with E-state index in [4.69, 9.17) is 11.6 Å². The van der Waals surface area contributed by atoms with E-state index in [2.05, 4.69) is 5.32 Å². The van der Waals surface area contributed by atoms with E-state index in [1.807, 2.05) is 0 Å². The van der Waals surface area contributed by atoms with E-state index in [-0.39, 0.29) is 28.3 Å². The van der Waals surface area contributed by atoms with Crippen molar-refractivity contribution in [2.24, 2.45) is 0 Å². The SMILES string of the molecule is O=C(Nc1ccc2c(c1)N(S(=O)(=O)c1ccc(Cl)cc1)CCC2)c1c(F)cccc1CF. The van der Waals surface area contributed by atoms with Gasteiger partial charge in [0.05, 0.1) is 16.1 Å². The monoisotopic (exact) mass is 476 g/mol. The molecule has 3 aromatic rings. The van der Waals surface area contributed by atoms with Crippen LogP contribution >= 0.6 is 11.6 Å². The van der Waals surface area contributed by atoms with Gasteiger partial charge in [-0.05, 0) is 66.4 Å². The summed E-state index contributed by atoms with van der Waals surface area (Å²) in [7, 11) is -3.85. The van der Waals surface area contributed by atoms with Crippen molar-refractivity contribution in [2.45, 2.75) is 24.4 Å². The van der Waals surface area contributed by atoms with Crippen LogP contribution in [0.3, 0.4) is 0 Å². The Bertz CT molecular complexity index is 1280. The standard InChI is InChI=1S/C23H19ClF2N2O3S/c24-17-7-10-19(11-8-17)32(30,31)28-12-2-4-15-6-9-18(13-21(15)28)27-23(29)22-16(14-25)3-1-5-20(22)26/h1,3,5-11,13H,2,4,12,14H2,(H,27,29). The zero-order valence-electron chi connectivity index (χ0n) is 16.8. The van der Waals surface area contributed by atoms with Gasteiger partial charge in [0.2, 0.25) is 0 Å². The summed E-state index contributed by atoms with van der Waals surface area (Å²) < 4.78 is 55.2. The number of rotatable bonds is 5. The predicted octanol–water partition coefficient (Wildman–Crippen LogP) is 5.34. The number of halogens is 3. The number of sulfonamides is 1. The van der Waals surface area contributed by atoms with Gasteiger partial charge in [0, 0.05) is 17.3 Å². The van der Waals surface area contributed by atoms with Crippen LogP contribution in [0.15, 0.2) is 65.6 Å². The molecular formula is C23H19ClF2N2O3S. The molecule has 5 nitrogen and oxygen atoms in total. The van der Waals surface area contributed by atoms with Crippen LogP contribution in [0.4, 0.5) is 20.2 Å². The Morgan fingerprint density at radius 2 is 1.84 bits per heavy atom. The number of carbonyl (C=O) groups excluding carboxylic acids is 1. The number of nitrogens with one attached hydrogen (secondary N) is 1. The third kappa shape index (κ3) is 4.20. The molecule has 9 heteroatoms. The molecule has 0 bridgehead atoms. The summed E-state index contributed by atoms with van der Waals surface area (Å²) in [4.78, 5) is 12.8. The maximum absolute atomic E-state index is 14.2. The molecular weight excluding hydrogens is 458 g/mol. The molecule has 0 fully saturated rings. The average Bonchev–Trinajstić information content (AvgIpc) is 2.78. The lowest BCUT2D eigenvalue weighted by atomic mass is 10.0. The molecule has 0 unspecified atom stereocenters. The van der Waals surface area contributed by atoms with Gasteiger partial charge < -0.3 is 5.32 Å². The Morgan fingerprint density at radius 1 is 1.09 bits per heavy atom. The van der Waals surface area contributed by atoms with E-state index in [1.54, 1.807) is 12.1 Å². The fraction of sp³-hybridized carbons (Fsp3) is 0.174. The molecule has 1 amide bonds. The first-order chi connectivity index (χ1) is 15.3. The van der Waals surface area contributed by atoms with Gasteiger partial charge in [-0.1, -0.05) is 29.8 Å². The van der Waals surface area contributed by atoms with E-state index in [0.29, 0.717) is 23.6 Å². The minimum Gasteiger partial charge on any atom is -0.322 e. The van der Waals surface area contributed by atoms with Crippen LogP contribution in [-0.2, 0) is 23.1 Å². The maximum Gasteiger partial charge on any atom is 0.264 e. The Hall–Kier alpha value is -2.97. The number of hydrogen-bond acceptors (Lipinski definition) is 3. The average molecular weight is 477 g/mol. The van der Waals surface area contributed by atoms with E-state index in [1.165, 1.54) is 46.8 Å². The van der Waals surface area contributed by atoms with Crippen molar-refractivity contribution in [3.63, 3.8) is 0 Å². The summed E-state index contributed by atoms with van der Waals surface area (Å²) >= 11 is 5.88. The number of anilines is 2. The molecule has 3 aromatic carbocycles. The molecule has 4 rings (SSSR count). The predicted molar refractivity (Wildman–Crippen MR) is 120 cm³/mol. The van der Waals surface area contributed by atoms with Crippen LogP contribution in [0, 0.1) is 5.82 Å². The molecule has 0 spiro atoms. The van der Waals surface area contributed by atoms with E-state index in [0.717, 1.165) is 11.6 Å². The number of fused-ring (bicyclic) bond motifs is 1. The molecule has 1 heterocycles. The number of aryl methyl sites for hydroxylation is 1. The van der Waals surface area contributed by atoms with Gasteiger partial charge in [-0.25, -0.2) is 17.2 Å². The lowest BCUT2D eigenvalue weighted by Crippen LogP contribution is -2.35. The zero-order valence-corrected chi connectivity index (χ0v) is 18.4. The molecule has 0 radical (unpaired) electrons. The van der Waals surface area contributed by atoms with Gasteiger partial charge in [-0.3, -0.25) is 9.10 Å². The highest BCUT2D eigenvalue weighted by Crippen LogP contribution is 2.34. The molecule has 32 heavy (non-hydrogen) atoms. The quantitative estimate of drug-likeness (QED) is 0.540.